The van der Waals surface area contributed by atoms with Crippen LogP contribution in [0, 0.1) is 0 Å². The van der Waals surface area contributed by atoms with E-state index in [1.54, 1.807) is 0 Å². The zero-order chi connectivity index (χ0) is 14.1. The lowest BCUT2D eigenvalue weighted by Gasteiger charge is -2.21. The minimum absolute atomic E-state index is 0.619. The molecule has 0 amide bonds. The Labute approximate surface area is 123 Å². The van der Waals surface area contributed by atoms with Crippen molar-refractivity contribution in [2.45, 2.75) is 38.0 Å². The summed E-state index contributed by atoms with van der Waals surface area (Å²) in [5.74, 6) is 0.619. The number of hydrogen-bond acceptors (Lipinski definition) is 3. The first-order valence-electron chi connectivity index (χ1n) is 7.66. The monoisotopic (exact) mass is 278 g/mol. The van der Waals surface area contributed by atoms with Gasteiger partial charge in [-0.15, -0.1) is 0 Å². The van der Waals surface area contributed by atoms with Crippen LogP contribution in [0.5, 0.6) is 0 Å². The van der Waals surface area contributed by atoms with Crippen LogP contribution in [0.3, 0.4) is 0 Å². The van der Waals surface area contributed by atoms with E-state index in [2.05, 4.69) is 27.2 Å². The van der Waals surface area contributed by atoms with Crippen LogP contribution < -0.4 is 0 Å². The van der Waals surface area contributed by atoms with Gasteiger partial charge in [0, 0.05) is 35.8 Å². The van der Waals surface area contributed by atoms with Gasteiger partial charge in [0.15, 0.2) is 5.65 Å². The number of rotatable bonds is 2. The van der Waals surface area contributed by atoms with Crippen molar-refractivity contribution < 1.29 is 0 Å². The third kappa shape index (κ3) is 2.31. The predicted molar refractivity (Wildman–Crippen MR) is 82.0 cm³/mol. The lowest BCUT2D eigenvalue weighted by molar-refractivity contribution is 0.437. The Morgan fingerprint density at radius 3 is 2.86 bits per heavy atom. The first-order valence-corrected chi connectivity index (χ1v) is 7.66. The number of pyridine rings is 1. The number of hydrogen-bond donors (Lipinski definition) is 0. The highest BCUT2D eigenvalue weighted by atomic mass is 15.2. The fourth-order valence-corrected chi connectivity index (χ4v) is 3.27. The molecule has 0 bridgehead atoms. The first kappa shape index (κ1) is 12.5. The second-order valence-corrected chi connectivity index (χ2v) is 5.75. The molecule has 0 N–H and O–H groups in total. The molecule has 0 atom stereocenters. The van der Waals surface area contributed by atoms with Crippen molar-refractivity contribution in [2.24, 2.45) is 0 Å². The molecule has 3 heterocycles. The Balaban J connectivity index is 1.75. The van der Waals surface area contributed by atoms with Crippen molar-refractivity contribution in [1.29, 1.82) is 0 Å². The van der Waals surface area contributed by atoms with Crippen LogP contribution in [0.15, 0.2) is 43.0 Å². The van der Waals surface area contributed by atoms with Crippen LogP contribution in [0.2, 0.25) is 0 Å². The van der Waals surface area contributed by atoms with E-state index in [0.717, 1.165) is 11.2 Å². The lowest BCUT2D eigenvalue weighted by atomic mass is 9.86. The van der Waals surface area contributed by atoms with Crippen LogP contribution in [0.4, 0.5) is 0 Å². The minimum Gasteiger partial charge on any atom is -0.261 e. The van der Waals surface area contributed by atoms with Crippen LogP contribution in [0.1, 0.15) is 43.7 Å². The molecule has 1 fully saturated rings. The Morgan fingerprint density at radius 1 is 1.05 bits per heavy atom. The van der Waals surface area contributed by atoms with Crippen molar-refractivity contribution in [1.82, 2.24) is 19.6 Å². The van der Waals surface area contributed by atoms with E-state index in [1.165, 1.54) is 43.4 Å². The maximum absolute atomic E-state index is 4.61. The van der Waals surface area contributed by atoms with Gasteiger partial charge in [0.05, 0.1) is 6.20 Å². The molecule has 1 aliphatic rings. The number of aromatic nitrogens is 4. The highest BCUT2D eigenvalue weighted by molar-refractivity contribution is 5.76. The third-order valence-electron chi connectivity index (χ3n) is 4.39. The molecule has 1 saturated carbocycles. The van der Waals surface area contributed by atoms with Gasteiger partial charge >= 0.3 is 0 Å². The van der Waals surface area contributed by atoms with Crippen molar-refractivity contribution >= 4 is 5.65 Å². The molecule has 0 aromatic carbocycles. The lowest BCUT2D eigenvalue weighted by Crippen LogP contribution is -2.06. The minimum atomic E-state index is 0.619. The maximum atomic E-state index is 4.61. The summed E-state index contributed by atoms with van der Waals surface area (Å²) in [7, 11) is 0. The van der Waals surface area contributed by atoms with Crippen LogP contribution in [-0.4, -0.2) is 19.6 Å². The molecule has 0 aliphatic heterocycles. The molecule has 4 rings (SSSR count). The highest BCUT2D eigenvalue weighted by Gasteiger charge is 2.17. The summed E-state index contributed by atoms with van der Waals surface area (Å²) < 4.78 is 1.82. The molecule has 3 aromatic heterocycles. The standard InChI is InChI=1S/C17H18N4/c1-2-5-13(6-3-1)16-11-14(7-9-18-16)15-12-20-21-10-4-8-19-17(15)21/h4,7-13H,1-3,5-6H2. The van der Waals surface area contributed by atoms with Gasteiger partial charge in [-0.3, -0.25) is 4.98 Å². The van der Waals surface area contributed by atoms with E-state index in [0.29, 0.717) is 5.92 Å². The Hall–Kier alpha value is -2.23. The molecule has 3 aromatic rings. The second-order valence-electron chi connectivity index (χ2n) is 5.75. The normalized spacial score (nSPS) is 16.4. The molecule has 0 unspecified atom stereocenters. The van der Waals surface area contributed by atoms with Gasteiger partial charge < -0.3 is 0 Å². The molecule has 0 radical (unpaired) electrons. The van der Waals surface area contributed by atoms with Gasteiger partial charge in [0.1, 0.15) is 0 Å². The summed E-state index contributed by atoms with van der Waals surface area (Å²) in [4.78, 5) is 9.05. The van der Waals surface area contributed by atoms with Crippen LogP contribution >= 0.6 is 0 Å². The Kier molecular flexibility index (Phi) is 3.14. The van der Waals surface area contributed by atoms with Crippen molar-refractivity contribution in [3.8, 4) is 11.1 Å². The molecule has 4 nitrogen and oxygen atoms in total. The SMILES string of the molecule is c1cnc2c(-c3ccnc(C4CCCCC4)c3)cnn2c1. The predicted octanol–water partition coefficient (Wildman–Crippen LogP) is 3.84. The van der Waals surface area contributed by atoms with Gasteiger partial charge in [-0.25, -0.2) is 9.50 Å². The molecule has 21 heavy (non-hydrogen) atoms. The van der Waals surface area contributed by atoms with Crippen molar-refractivity contribution in [3.05, 3.63) is 48.7 Å². The summed E-state index contributed by atoms with van der Waals surface area (Å²) >= 11 is 0. The number of nitrogens with zero attached hydrogens (tertiary/aromatic N) is 4. The quantitative estimate of drug-likeness (QED) is 0.715. The zero-order valence-corrected chi connectivity index (χ0v) is 11.9. The Morgan fingerprint density at radius 2 is 1.95 bits per heavy atom. The second kappa shape index (κ2) is 5.28. The number of fused-ring (bicyclic) bond motifs is 1. The van der Waals surface area contributed by atoms with Gasteiger partial charge in [-0.05, 0) is 36.6 Å². The third-order valence-corrected chi connectivity index (χ3v) is 4.39. The molecule has 1 aliphatic carbocycles. The van der Waals surface area contributed by atoms with Crippen molar-refractivity contribution in [3.63, 3.8) is 0 Å². The fourth-order valence-electron chi connectivity index (χ4n) is 3.27. The van der Waals surface area contributed by atoms with Crippen LogP contribution in [0.25, 0.3) is 16.8 Å². The highest BCUT2D eigenvalue weighted by Crippen LogP contribution is 2.33. The molecule has 0 spiro atoms. The van der Waals surface area contributed by atoms with Gasteiger partial charge in [-0.1, -0.05) is 19.3 Å². The van der Waals surface area contributed by atoms with E-state index in [9.17, 15) is 0 Å². The van der Waals surface area contributed by atoms with Crippen LogP contribution in [-0.2, 0) is 0 Å². The van der Waals surface area contributed by atoms with Gasteiger partial charge in [0.25, 0.3) is 0 Å². The van der Waals surface area contributed by atoms with E-state index >= 15 is 0 Å². The summed E-state index contributed by atoms with van der Waals surface area (Å²) in [6.07, 6.45) is 14.1. The largest absolute Gasteiger partial charge is 0.261 e. The summed E-state index contributed by atoms with van der Waals surface area (Å²) in [6, 6.07) is 6.17. The van der Waals surface area contributed by atoms with Gasteiger partial charge in [0.2, 0.25) is 0 Å². The summed E-state index contributed by atoms with van der Waals surface area (Å²) in [5.41, 5.74) is 4.37. The molecule has 4 heteroatoms. The summed E-state index contributed by atoms with van der Waals surface area (Å²) in [5, 5.41) is 4.37. The average molecular weight is 278 g/mol. The molecular weight excluding hydrogens is 260 g/mol. The van der Waals surface area contributed by atoms with E-state index in [-0.39, 0.29) is 0 Å². The molecular formula is C17H18N4. The summed E-state index contributed by atoms with van der Waals surface area (Å²) in [6.45, 7) is 0. The first-order chi connectivity index (χ1) is 10.4. The maximum Gasteiger partial charge on any atom is 0.162 e. The fraction of sp³-hybridized carbons (Fsp3) is 0.353. The van der Waals surface area contributed by atoms with Gasteiger partial charge in [-0.2, -0.15) is 5.10 Å². The van der Waals surface area contributed by atoms with Crippen molar-refractivity contribution in [2.75, 3.05) is 0 Å². The van der Waals surface area contributed by atoms with E-state index in [4.69, 9.17) is 0 Å². The molecule has 0 saturated heterocycles. The van der Waals surface area contributed by atoms with E-state index < -0.39 is 0 Å². The smallest absolute Gasteiger partial charge is 0.162 e. The molecule has 106 valence electrons. The topological polar surface area (TPSA) is 43.1 Å². The zero-order valence-electron chi connectivity index (χ0n) is 11.9. The average Bonchev–Trinajstić information content (AvgIpc) is 3.00. The van der Waals surface area contributed by atoms with E-state index in [1.807, 2.05) is 35.4 Å². The Bertz CT molecular complexity index is 756.